The summed E-state index contributed by atoms with van der Waals surface area (Å²) in [4.78, 5) is 27.3. The molecule has 29 heavy (non-hydrogen) atoms. The lowest BCUT2D eigenvalue weighted by Crippen LogP contribution is -2.46. The lowest BCUT2D eigenvalue weighted by Gasteiger charge is -2.32. The Hall–Kier alpha value is -2.12. The fourth-order valence-corrected chi connectivity index (χ4v) is 4.15. The van der Waals surface area contributed by atoms with Crippen LogP contribution in [-0.4, -0.2) is 63.1 Å². The molecule has 1 heterocycles. The van der Waals surface area contributed by atoms with Crippen molar-refractivity contribution in [3.05, 3.63) is 36.1 Å². The molecule has 2 aliphatic rings. The maximum atomic E-state index is 13.5. The Labute approximate surface area is 173 Å². The van der Waals surface area contributed by atoms with Gasteiger partial charge in [0.05, 0.1) is 19.1 Å². The third-order valence-electron chi connectivity index (χ3n) is 5.85. The molecule has 0 bridgehead atoms. The molecule has 2 amide bonds. The second kappa shape index (κ2) is 10.6. The van der Waals surface area contributed by atoms with E-state index in [2.05, 4.69) is 20.4 Å². The average molecular weight is 408 g/mol. The first-order valence-corrected chi connectivity index (χ1v) is 10.1. The van der Waals surface area contributed by atoms with Crippen LogP contribution >= 0.6 is 0 Å². The highest BCUT2D eigenvalue weighted by molar-refractivity contribution is 5.96. The number of carbonyl (C=O) groups excluding carboxylic acids is 2. The Bertz CT molecular complexity index is 666. The van der Waals surface area contributed by atoms with Crippen LogP contribution in [0.1, 0.15) is 33.1 Å². The monoisotopic (exact) mass is 407 g/mol. The van der Waals surface area contributed by atoms with E-state index in [1.807, 2.05) is 6.08 Å². The lowest BCUT2D eigenvalue weighted by atomic mass is 9.86. The number of allylic oxidation sites excluding steroid dienone is 2. The standard InChI is InChI=1S/C22H33NO6/c1-7-10-16(15-11-18(26-4)20(28-6)19(12-15)27-5)21(24)23-17(13-29-22(23)25)14(8-2)9-3/h7,11-12,14,16-18,20H,1,8-10,13H2,2-6H3/t16-,17+,18?,20?/m0/s1. The first-order chi connectivity index (χ1) is 14.0. The summed E-state index contributed by atoms with van der Waals surface area (Å²) in [6, 6.07) is -0.252. The molecule has 1 aliphatic heterocycles. The van der Waals surface area contributed by atoms with Gasteiger partial charge in [-0.25, -0.2) is 9.69 Å². The molecular formula is C22H33NO6. The Morgan fingerprint density at radius 1 is 1.31 bits per heavy atom. The molecule has 0 aromatic rings. The largest absolute Gasteiger partial charge is 0.498 e. The predicted molar refractivity (Wildman–Crippen MR) is 109 cm³/mol. The first kappa shape index (κ1) is 23.2. The minimum atomic E-state index is -0.587. The molecule has 0 aromatic heterocycles. The number of amides is 2. The molecule has 0 spiro atoms. The van der Waals surface area contributed by atoms with Gasteiger partial charge in [-0.3, -0.25) is 4.79 Å². The number of hydrogen-bond donors (Lipinski definition) is 0. The van der Waals surface area contributed by atoms with Gasteiger partial charge in [-0.1, -0.05) is 32.8 Å². The van der Waals surface area contributed by atoms with Crippen LogP contribution in [-0.2, 0) is 23.7 Å². The third kappa shape index (κ3) is 4.73. The predicted octanol–water partition coefficient (Wildman–Crippen LogP) is 3.46. The zero-order valence-corrected chi connectivity index (χ0v) is 18.1. The number of rotatable bonds is 10. The van der Waals surface area contributed by atoms with Crippen molar-refractivity contribution in [2.75, 3.05) is 27.9 Å². The minimum absolute atomic E-state index is 0.199. The average Bonchev–Trinajstić information content (AvgIpc) is 3.12. The van der Waals surface area contributed by atoms with Crippen molar-refractivity contribution < 1.29 is 28.5 Å². The fourth-order valence-electron chi connectivity index (χ4n) is 4.15. The van der Waals surface area contributed by atoms with Crippen molar-refractivity contribution in [3.8, 4) is 0 Å². The van der Waals surface area contributed by atoms with E-state index in [0.717, 1.165) is 18.4 Å². The van der Waals surface area contributed by atoms with Gasteiger partial charge < -0.3 is 18.9 Å². The highest BCUT2D eigenvalue weighted by atomic mass is 16.6. The van der Waals surface area contributed by atoms with Crippen LogP contribution in [0, 0.1) is 11.8 Å². The van der Waals surface area contributed by atoms with E-state index in [0.29, 0.717) is 12.2 Å². The summed E-state index contributed by atoms with van der Waals surface area (Å²) in [5.41, 5.74) is 0.717. The van der Waals surface area contributed by atoms with Crippen LogP contribution < -0.4 is 0 Å². The second-order valence-electron chi connectivity index (χ2n) is 7.28. The molecule has 7 nitrogen and oxygen atoms in total. The quantitative estimate of drug-likeness (QED) is 0.516. The summed E-state index contributed by atoms with van der Waals surface area (Å²) >= 11 is 0. The van der Waals surface area contributed by atoms with Crippen LogP contribution in [0.25, 0.3) is 0 Å². The van der Waals surface area contributed by atoms with Crippen molar-refractivity contribution in [2.45, 2.75) is 51.4 Å². The van der Waals surface area contributed by atoms with E-state index >= 15 is 0 Å². The van der Waals surface area contributed by atoms with E-state index in [1.54, 1.807) is 33.5 Å². The number of cyclic esters (lactones) is 1. The van der Waals surface area contributed by atoms with E-state index in [-0.39, 0.29) is 24.5 Å². The number of ether oxygens (including phenoxy) is 4. The molecule has 162 valence electrons. The maximum absolute atomic E-state index is 13.5. The molecule has 1 saturated heterocycles. The molecule has 2 unspecified atom stereocenters. The number of hydrogen-bond acceptors (Lipinski definition) is 6. The van der Waals surface area contributed by atoms with Crippen molar-refractivity contribution in [2.24, 2.45) is 11.8 Å². The topological polar surface area (TPSA) is 74.3 Å². The summed E-state index contributed by atoms with van der Waals surface area (Å²) in [7, 11) is 4.71. The van der Waals surface area contributed by atoms with Gasteiger partial charge in [0, 0.05) is 14.2 Å². The normalized spacial score (nSPS) is 25.4. The van der Waals surface area contributed by atoms with Crippen molar-refractivity contribution in [3.63, 3.8) is 0 Å². The molecule has 2 rings (SSSR count). The number of methoxy groups -OCH3 is 3. The van der Waals surface area contributed by atoms with Gasteiger partial charge in [-0.05, 0) is 30.1 Å². The fraction of sp³-hybridized carbons (Fsp3) is 0.636. The van der Waals surface area contributed by atoms with Gasteiger partial charge in [0.25, 0.3) is 0 Å². The van der Waals surface area contributed by atoms with Crippen LogP contribution in [0.3, 0.4) is 0 Å². The smallest absolute Gasteiger partial charge is 0.417 e. The Morgan fingerprint density at radius 3 is 2.52 bits per heavy atom. The molecular weight excluding hydrogens is 374 g/mol. The summed E-state index contributed by atoms with van der Waals surface area (Å²) in [5.74, 6) is -0.104. The van der Waals surface area contributed by atoms with Crippen LogP contribution in [0.5, 0.6) is 0 Å². The zero-order chi connectivity index (χ0) is 21.6. The van der Waals surface area contributed by atoms with E-state index < -0.39 is 24.2 Å². The van der Waals surface area contributed by atoms with Crippen molar-refractivity contribution in [1.82, 2.24) is 4.90 Å². The summed E-state index contributed by atoms with van der Waals surface area (Å²) < 4.78 is 21.8. The first-order valence-electron chi connectivity index (χ1n) is 10.1. The third-order valence-corrected chi connectivity index (χ3v) is 5.85. The van der Waals surface area contributed by atoms with E-state index in [4.69, 9.17) is 18.9 Å². The zero-order valence-electron chi connectivity index (χ0n) is 18.1. The number of imide groups is 1. The highest BCUT2D eigenvalue weighted by Gasteiger charge is 2.44. The Balaban J connectivity index is 2.40. The molecule has 0 N–H and O–H groups in total. The van der Waals surface area contributed by atoms with Crippen LogP contribution in [0.15, 0.2) is 36.1 Å². The van der Waals surface area contributed by atoms with Gasteiger partial charge in [-0.2, -0.15) is 0 Å². The molecule has 1 fully saturated rings. The van der Waals surface area contributed by atoms with Gasteiger partial charge in [0.15, 0.2) is 0 Å². The van der Waals surface area contributed by atoms with Gasteiger partial charge in [0.1, 0.15) is 24.6 Å². The number of carbonyl (C=O) groups is 2. The van der Waals surface area contributed by atoms with E-state index in [1.165, 1.54) is 4.90 Å². The second-order valence-corrected chi connectivity index (χ2v) is 7.28. The molecule has 0 saturated carbocycles. The Kier molecular flexibility index (Phi) is 8.46. The SMILES string of the molecule is C=CC[C@H](C(=O)N1C(=O)OC[C@@H]1C(CC)CC)C1=CC(OC)C(OC)C(OC)=C1. The van der Waals surface area contributed by atoms with Gasteiger partial charge in [0.2, 0.25) is 5.91 Å². The maximum Gasteiger partial charge on any atom is 0.417 e. The van der Waals surface area contributed by atoms with Crippen LogP contribution in [0.4, 0.5) is 4.79 Å². The lowest BCUT2D eigenvalue weighted by molar-refractivity contribution is -0.132. The summed E-state index contributed by atoms with van der Waals surface area (Å²) in [6.45, 7) is 8.16. The number of nitrogens with zero attached hydrogens (tertiary/aromatic N) is 1. The molecule has 0 aromatic carbocycles. The molecule has 0 radical (unpaired) electrons. The van der Waals surface area contributed by atoms with Gasteiger partial charge in [-0.15, -0.1) is 6.58 Å². The molecule has 1 aliphatic carbocycles. The minimum Gasteiger partial charge on any atom is -0.498 e. The van der Waals surface area contributed by atoms with Gasteiger partial charge >= 0.3 is 6.09 Å². The van der Waals surface area contributed by atoms with E-state index in [9.17, 15) is 9.59 Å². The summed E-state index contributed by atoms with van der Waals surface area (Å²) in [5, 5.41) is 0. The van der Waals surface area contributed by atoms with Crippen molar-refractivity contribution in [1.29, 1.82) is 0 Å². The molecule has 7 heteroatoms. The van der Waals surface area contributed by atoms with Crippen LogP contribution in [0.2, 0.25) is 0 Å². The summed E-state index contributed by atoms with van der Waals surface area (Å²) in [6.07, 6.45) is 6.06. The highest BCUT2D eigenvalue weighted by Crippen LogP contribution is 2.33. The van der Waals surface area contributed by atoms with Crippen molar-refractivity contribution >= 4 is 12.0 Å². The Morgan fingerprint density at radius 2 is 2.00 bits per heavy atom. The molecule has 4 atom stereocenters.